The lowest BCUT2D eigenvalue weighted by Crippen LogP contribution is -1.93. The predicted octanol–water partition coefficient (Wildman–Crippen LogP) is 4.74. The maximum atomic E-state index is 8.74. The average molecular weight is 282 g/mol. The summed E-state index contributed by atoms with van der Waals surface area (Å²) in [4.78, 5) is 14.3. The fourth-order valence-electron chi connectivity index (χ4n) is 1.89. The van der Waals surface area contributed by atoms with E-state index in [1.807, 2.05) is 0 Å². The first-order valence-electron chi connectivity index (χ1n) is 6.90. The van der Waals surface area contributed by atoms with Crippen LogP contribution in [0, 0.1) is 23.7 Å². The Kier molecular flexibility index (Phi) is 19.7. The molecule has 0 fully saturated rings. The SMILES string of the molecule is CC(C)CC(C)C.CC(C)CC(C)C.O=[PH](O)O. The minimum absolute atomic E-state index is 0.875. The van der Waals surface area contributed by atoms with Gasteiger partial charge in [-0.05, 0) is 36.5 Å². The van der Waals surface area contributed by atoms with Crippen molar-refractivity contribution in [2.24, 2.45) is 23.7 Å². The molecule has 0 saturated carbocycles. The Morgan fingerprint density at radius 1 is 0.667 bits per heavy atom. The fourth-order valence-corrected chi connectivity index (χ4v) is 1.89. The number of hydrogen-bond donors (Lipinski definition) is 2. The Balaban J connectivity index is -0.000000196. The Morgan fingerprint density at radius 3 is 0.778 bits per heavy atom. The highest BCUT2D eigenvalue weighted by Gasteiger charge is 1.96. The molecule has 0 radical (unpaired) electrons. The molecule has 0 bridgehead atoms. The summed E-state index contributed by atoms with van der Waals surface area (Å²) in [6, 6.07) is 0. The lowest BCUT2D eigenvalue weighted by Gasteiger charge is -2.05. The Labute approximate surface area is 115 Å². The summed E-state index contributed by atoms with van der Waals surface area (Å²) in [5, 5.41) is 0. The van der Waals surface area contributed by atoms with Crippen LogP contribution in [0.5, 0.6) is 0 Å². The number of rotatable bonds is 4. The Morgan fingerprint density at radius 2 is 0.778 bits per heavy atom. The van der Waals surface area contributed by atoms with E-state index < -0.39 is 8.25 Å². The molecule has 0 saturated heterocycles. The Hall–Kier alpha value is 0.150. The minimum atomic E-state index is -3.13. The van der Waals surface area contributed by atoms with E-state index in [4.69, 9.17) is 14.4 Å². The van der Waals surface area contributed by atoms with E-state index in [1.165, 1.54) is 12.8 Å². The molecular formula is C14H35O3P. The third kappa shape index (κ3) is 55.8. The number of hydrogen-bond acceptors (Lipinski definition) is 1. The maximum absolute atomic E-state index is 8.74. The topological polar surface area (TPSA) is 57.5 Å². The van der Waals surface area contributed by atoms with Crippen LogP contribution in [0.3, 0.4) is 0 Å². The van der Waals surface area contributed by atoms with E-state index in [9.17, 15) is 0 Å². The maximum Gasteiger partial charge on any atom is 0.314 e. The van der Waals surface area contributed by atoms with Gasteiger partial charge in [0.2, 0.25) is 0 Å². The largest absolute Gasteiger partial charge is 0.326 e. The van der Waals surface area contributed by atoms with Crippen LogP contribution in [0.4, 0.5) is 0 Å². The summed E-state index contributed by atoms with van der Waals surface area (Å²) in [6.07, 6.45) is 2.72. The molecule has 2 N–H and O–H groups in total. The zero-order valence-electron chi connectivity index (χ0n) is 13.5. The van der Waals surface area contributed by atoms with E-state index in [2.05, 4.69) is 55.4 Å². The van der Waals surface area contributed by atoms with Crippen LogP contribution in [0.15, 0.2) is 0 Å². The van der Waals surface area contributed by atoms with E-state index in [0.717, 1.165) is 23.7 Å². The van der Waals surface area contributed by atoms with Crippen molar-refractivity contribution in [3.05, 3.63) is 0 Å². The second-order valence-corrected chi connectivity index (χ2v) is 6.89. The van der Waals surface area contributed by atoms with Gasteiger partial charge in [0, 0.05) is 0 Å². The summed E-state index contributed by atoms with van der Waals surface area (Å²) in [5.74, 6) is 3.50. The average Bonchev–Trinajstić information content (AvgIpc) is 1.96. The zero-order chi connectivity index (χ0) is 15.3. The molecule has 0 aliphatic heterocycles. The summed E-state index contributed by atoms with van der Waals surface area (Å²) in [6.45, 7) is 18.1. The molecule has 0 amide bonds. The summed E-state index contributed by atoms with van der Waals surface area (Å²) < 4.78 is 8.74. The van der Waals surface area contributed by atoms with Crippen molar-refractivity contribution in [3.63, 3.8) is 0 Å². The molecule has 0 aliphatic carbocycles. The molecule has 0 unspecified atom stereocenters. The van der Waals surface area contributed by atoms with Gasteiger partial charge in [-0.25, -0.2) is 0 Å². The van der Waals surface area contributed by atoms with Gasteiger partial charge in [0.05, 0.1) is 0 Å². The highest BCUT2D eigenvalue weighted by atomic mass is 31.1. The van der Waals surface area contributed by atoms with Crippen molar-refractivity contribution in [2.75, 3.05) is 0 Å². The smallest absolute Gasteiger partial charge is 0.314 e. The first-order chi connectivity index (χ1) is 7.98. The van der Waals surface area contributed by atoms with Gasteiger partial charge in [-0.15, -0.1) is 0 Å². The van der Waals surface area contributed by atoms with Crippen molar-refractivity contribution >= 4 is 8.25 Å². The minimum Gasteiger partial charge on any atom is -0.326 e. The van der Waals surface area contributed by atoms with Gasteiger partial charge < -0.3 is 9.79 Å². The second-order valence-electron chi connectivity index (χ2n) is 6.33. The highest BCUT2D eigenvalue weighted by Crippen LogP contribution is 2.08. The van der Waals surface area contributed by atoms with Gasteiger partial charge in [0.1, 0.15) is 0 Å². The van der Waals surface area contributed by atoms with Gasteiger partial charge >= 0.3 is 8.25 Å². The quantitative estimate of drug-likeness (QED) is 0.732. The molecule has 3 nitrogen and oxygen atoms in total. The molecule has 0 aliphatic rings. The molecule has 0 heterocycles. The molecule has 0 aromatic heterocycles. The third-order valence-electron chi connectivity index (χ3n) is 1.89. The van der Waals surface area contributed by atoms with Crippen molar-refractivity contribution < 1.29 is 14.4 Å². The molecule has 0 spiro atoms. The fraction of sp³-hybridized carbons (Fsp3) is 1.00. The lowest BCUT2D eigenvalue weighted by atomic mass is 10.0. The van der Waals surface area contributed by atoms with E-state index >= 15 is 0 Å². The molecule has 4 heteroatoms. The van der Waals surface area contributed by atoms with E-state index in [0.29, 0.717) is 0 Å². The van der Waals surface area contributed by atoms with Crippen LogP contribution in [0.1, 0.15) is 68.2 Å². The first-order valence-corrected chi connectivity index (χ1v) is 8.21. The van der Waals surface area contributed by atoms with Gasteiger partial charge in [-0.3, -0.25) is 4.57 Å². The summed E-state index contributed by atoms with van der Waals surface area (Å²) >= 11 is 0. The molecule has 18 heavy (non-hydrogen) atoms. The standard InChI is InChI=1S/2C7H16.H3O3P/c2*1-6(2)5-7(3)4;1-4(2)3/h2*6-7H,5H2,1-4H3;4H,(H2,1,2,3). The van der Waals surface area contributed by atoms with Crippen LogP contribution in [-0.4, -0.2) is 9.79 Å². The monoisotopic (exact) mass is 282 g/mol. The molecular weight excluding hydrogens is 247 g/mol. The normalized spacial score (nSPS) is 10.6. The van der Waals surface area contributed by atoms with Crippen LogP contribution in [0.25, 0.3) is 0 Å². The van der Waals surface area contributed by atoms with E-state index in [-0.39, 0.29) is 0 Å². The van der Waals surface area contributed by atoms with Crippen molar-refractivity contribution in [1.82, 2.24) is 0 Å². The van der Waals surface area contributed by atoms with Crippen LogP contribution < -0.4 is 0 Å². The Bertz CT molecular complexity index is 148. The van der Waals surface area contributed by atoms with Crippen LogP contribution in [0.2, 0.25) is 0 Å². The van der Waals surface area contributed by atoms with Gasteiger partial charge in [0.25, 0.3) is 0 Å². The zero-order valence-corrected chi connectivity index (χ0v) is 14.5. The van der Waals surface area contributed by atoms with Crippen LogP contribution >= 0.6 is 8.25 Å². The van der Waals surface area contributed by atoms with Gasteiger partial charge in [0.15, 0.2) is 0 Å². The molecule has 0 aromatic carbocycles. The second kappa shape index (κ2) is 15.2. The lowest BCUT2D eigenvalue weighted by molar-refractivity contribution is 0.405. The third-order valence-corrected chi connectivity index (χ3v) is 1.89. The molecule has 114 valence electrons. The molecule has 0 atom stereocenters. The summed E-state index contributed by atoms with van der Waals surface area (Å²) in [7, 11) is -3.13. The van der Waals surface area contributed by atoms with Gasteiger partial charge in [-0.2, -0.15) is 0 Å². The van der Waals surface area contributed by atoms with Gasteiger partial charge in [-0.1, -0.05) is 55.4 Å². The van der Waals surface area contributed by atoms with Crippen molar-refractivity contribution in [3.8, 4) is 0 Å². The predicted molar refractivity (Wildman–Crippen MR) is 82.0 cm³/mol. The first kappa shape index (κ1) is 23.3. The highest BCUT2D eigenvalue weighted by molar-refractivity contribution is 7.30. The summed E-state index contributed by atoms with van der Waals surface area (Å²) in [5.41, 5.74) is 0. The molecule has 0 aromatic rings. The van der Waals surface area contributed by atoms with Crippen molar-refractivity contribution in [2.45, 2.75) is 68.2 Å². The van der Waals surface area contributed by atoms with Crippen LogP contribution in [-0.2, 0) is 4.57 Å². The van der Waals surface area contributed by atoms with Crippen molar-refractivity contribution in [1.29, 1.82) is 0 Å². The molecule has 0 rings (SSSR count). The van der Waals surface area contributed by atoms with E-state index in [1.54, 1.807) is 0 Å².